The lowest BCUT2D eigenvalue weighted by Crippen LogP contribution is -1.97. The first-order valence-corrected chi connectivity index (χ1v) is 9.70. The van der Waals surface area contributed by atoms with Crippen molar-refractivity contribution in [1.29, 1.82) is 0 Å². The van der Waals surface area contributed by atoms with Gasteiger partial charge in [0.2, 0.25) is 10.6 Å². The Hall–Kier alpha value is -0.795. The molecule has 0 spiro atoms. The van der Waals surface area contributed by atoms with Crippen molar-refractivity contribution in [2.75, 3.05) is 0 Å². The average molecular weight is 461 g/mol. The van der Waals surface area contributed by atoms with E-state index in [0.717, 1.165) is 36.4 Å². The minimum Gasteiger partial charge on any atom is -0.429 e. The maximum Gasteiger partial charge on any atom is 0.485 e. The number of aromatic nitrogens is 4. The topological polar surface area (TPSA) is 81.0 Å². The van der Waals surface area contributed by atoms with Gasteiger partial charge in [-0.05, 0) is 90.1 Å². The predicted molar refractivity (Wildman–Crippen MR) is 105 cm³/mol. The summed E-state index contributed by atoms with van der Waals surface area (Å²) >= 11 is 14.3. The molecule has 2 aromatic rings. The van der Waals surface area contributed by atoms with Gasteiger partial charge in [-0.3, -0.25) is 0 Å². The first-order valence-electron chi connectivity index (χ1n) is 8.15. The van der Waals surface area contributed by atoms with E-state index in [1.54, 1.807) is 6.20 Å². The molecule has 0 amide bonds. The first-order chi connectivity index (χ1) is 12.4. The summed E-state index contributed by atoms with van der Waals surface area (Å²) in [5.74, 6) is 0.715. The molecule has 10 heteroatoms. The van der Waals surface area contributed by atoms with Gasteiger partial charge in [0, 0.05) is 24.2 Å². The van der Waals surface area contributed by atoms with Crippen molar-refractivity contribution in [3.63, 3.8) is 0 Å². The van der Waals surface area contributed by atoms with Crippen LogP contribution >= 0.6 is 39.1 Å². The van der Waals surface area contributed by atoms with E-state index in [2.05, 4.69) is 40.5 Å². The van der Waals surface area contributed by atoms with Crippen LogP contribution in [0.15, 0.2) is 16.9 Å². The summed E-state index contributed by atoms with van der Waals surface area (Å²) in [5, 5.41) is 8.57. The van der Waals surface area contributed by atoms with Gasteiger partial charge in [0.15, 0.2) is 0 Å². The molecule has 139 valence electrons. The minimum atomic E-state index is 0.288. The van der Waals surface area contributed by atoms with Crippen LogP contribution in [-0.2, 0) is 4.65 Å². The lowest BCUT2D eigenvalue weighted by atomic mass is 10.1. The van der Waals surface area contributed by atoms with E-state index in [9.17, 15) is 0 Å². The normalized spacial score (nSPS) is 15.3. The highest BCUT2D eigenvalue weighted by Gasteiger charge is 2.25. The molecule has 0 aliphatic heterocycles. The second-order valence-corrected chi connectivity index (χ2v) is 7.50. The summed E-state index contributed by atoms with van der Waals surface area (Å²) in [6.45, 7) is 3.85. The molecule has 26 heavy (non-hydrogen) atoms. The van der Waals surface area contributed by atoms with Gasteiger partial charge in [-0.25, -0.2) is 19.9 Å². The summed E-state index contributed by atoms with van der Waals surface area (Å²) in [7, 11) is 0.762. The summed E-state index contributed by atoms with van der Waals surface area (Å²) in [5.41, 5.74) is 3.16. The van der Waals surface area contributed by atoms with Crippen LogP contribution in [0.2, 0.25) is 10.6 Å². The zero-order valence-electron chi connectivity index (χ0n) is 14.5. The van der Waals surface area contributed by atoms with Crippen molar-refractivity contribution < 1.29 is 9.68 Å². The van der Waals surface area contributed by atoms with Crippen LogP contribution in [0.5, 0.6) is 0 Å². The molecule has 2 heterocycles. The fourth-order valence-corrected chi connectivity index (χ4v) is 2.50. The van der Waals surface area contributed by atoms with E-state index in [1.807, 2.05) is 20.0 Å². The van der Waals surface area contributed by atoms with Gasteiger partial charge in [0.05, 0.1) is 10.2 Å². The molecule has 0 unspecified atom stereocenters. The van der Waals surface area contributed by atoms with Crippen molar-refractivity contribution in [2.24, 2.45) is 0 Å². The van der Waals surface area contributed by atoms with E-state index in [4.69, 9.17) is 28.2 Å². The highest BCUT2D eigenvalue weighted by molar-refractivity contribution is 9.10. The summed E-state index contributed by atoms with van der Waals surface area (Å²) < 4.78 is 5.46. The Balaban J connectivity index is 0.000000147. The molecule has 2 aliphatic carbocycles. The van der Waals surface area contributed by atoms with E-state index < -0.39 is 0 Å². The summed E-state index contributed by atoms with van der Waals surface area (Å²) in [6, 6.07) is 0. The zero-order valence-corrected chi connectivity index (χ0v) is 17.6. The molecule has 0 bridgehead atoms. The van der Waals surface area contributed by atoms with E-state index in [-0.39, 0.29) is 5.28 Å². The second kappa shape index (κ2) is 10.5. The summed E-state index contributed by atoms with van der Waals surface area (Å²) in [6.07, 6.45) is 8.61. The van der Waals surface area contributed by atoms with Gasteiger partial charge in [0.1, 0.15) is 0 Å². The smallest absolute Gasteiger partial charge is 0.429 e. The van der Waals surface area contributed by atoms with Gasteiger partial charge >= 0.3 is 7.69 Å². The maximum atomic E-state index is 7.93. The Bertz CT molecular complexity index is 733. The SMILES string of the molecule is Cc1nc(Cl)ncc1Br.Cc1nc(Cl)ncc1C1CC1.O[B]OC1CC1. The molecule has 4 rings (SSSR count). The molecule has 2 fully saturated rings. The molecule has 1 radical (unpaired) electrons. The monoisotopic (exact) mass is 459 g/mol. The van der Waals surface area contributed by atoms with Gasteiger partial charge < -0.3 is 9.68 Å². The highest BCUT2D eigenvalue weighted by atomic mass is 79.9. The fourth-order valence-electron chi connectivity index (χ4n) is 1.96. The Morgan fingerprint density at radius 1 is 1.04 bits per heavy atom. The lowest BCUT2D eigenvalue weighted by Gasteiger charge is -2.00. The van der Waals surface area contributed by atoms with Gasteiger partial charge in [-0.2, -0.15) is 0 Å². The van der Waals surface area contributed by atoms with Crippen LogP contribution in [0.25, 0.3) is 0 Å². The number of aryl methyl sites for hydroxylation is 2. The maximum absolute atomic E-state index is 7.93. The molecule has 2 aliphatic rings. The van der Waals surface area contributed by atoms with Crippen molar-refractivity contribution in [3.05, 3.63) is 44.4 Å². The predicted octanol–water partition coefficient (Wildman–Crippen LogP) is 4.21. The molecule has 2 aromatic heterocycles. The van der Waals surface area contributed by atoms with Crippen LogP contribution in [0.4, 0.5) is 0 Å². The molecular weight excluding hydrogens is 442 g/mol. The van der Waals surface area contributed by atoms with Crippen molar-refractivity contribution in [3.8, 4) is 0 Å². The first kappa shape index (κ1) is 21.5. The second-order valence-electron chi connectivity index (χ2n) is 5.97. The lowest BCUT2D eigenvalue weighted by molar-refractivity contribution is 0.271. The molecule has 2 saturated carbocycles. The van der Waals surface area contributed by atoms with E-state index in [1.165, 1.54) is 18.4 Å². The van der Waals surface area contributed by atoms with Crippen LogP contribution in [0.1, 0.15) is 48.6 Å². The van der Waals surface area contributed by atoms with Gasteiger partial charge in [-0.1, -0.05) is 0 Å². The number of hydrogen-bond acceptors (Lipinski definition) is 6. The molecule has 0 saturated heterocycles. The number of rotatable bonds is 3. The standard InChI is InChI=1S/C8H9ClN2.C5H4BrClN2.C3H6BO2/c1-5-7(6-2-3-6)4-10-8(9)11-5;1-3-4(6)2-8-5(7)9-3;5-4-6-3-1-2-3/h4,6H,2-3H2,1H3;2H,1H3;3,5H,1-2H2. The van der Waals surface area contributed by atoms with Gasteiger partial charge in [0.25, 0.3) is 0 Å². The minimum absolute atomic E-state index is 0.288. The number of hydrogen-bond donors (Lipinski definition) is 1. The Kier molecular flexibility index (Phi) is 8.70. The highest BCUT2D eigenvalue weighted by Crippen LogP contribution is 2.40. The molecular formula is C16H19BBrCl2N4O2. The summed E-state index contributed by atoms with van der Waals surface area (Å²) in [4.78, 5) is 15.7. The van der Waals surface area contributed by atoms with Crippen LogP contribution < -0.4 is 0 Å². The molecule has 1 N–H and O–H groups in total. The number of nitrogens with zero attached hydrogens (tertiary/aromatic N) is 4. The third kappa shape index (κ3) is 7.84. The molecule has 0 aromatic carbocycles. The largest absolute Gasteiger partial charge is 0.485 e. The van der Waals surface area contributed by atoms with Crippen molar-refractivity contribution >= 4 is 46.8 Å². The van der Waals surface area contributed by atoms with Crippen molar-refractivity contribution in [1.82, 2.24) is 19.9 Å². The zero-order chi connectivity index (χ0) is 19.1. The van der Waals surface area contributed by atoms with E-state index >= 15 is 0 Å². The molecule has 6 nitrogen and oxygen atoms in total. The van der Waals surface area contributed by atoms with Crippen LogP contribution in [0, 0.1) is 13.8 Å². The Morgan fingerprint density at radius 3 is 2.00 bits per heavy atom. The molecule has 0 atom stereocenters. The third-order valence-electron chi connectivity index (χ3n) is 3.67. The number of halogens is 3. The van der Waals surface area contributed by atoms with E-state index in [0.29, 0.717) is 17.3 Å². The van der Waals surface area contributed by atoms with Gasteiger partial charge in [-0.15, -0.1) is 0 Å². The Labute approximate surface area is 172 Å². The third-order valence-corrected chi connectivity index (χ3v) is 4.82. The Morgan fingerprint density at radius 2 is 1.62 bits per heavy atom. The van der Waals surface area contributed by atoms with Crippen molar-refractivity contribution in [2.45, 2.75) is 51.6 Å². The quantitative estimate of drug-likeness (QED) is 0.546. The van der Waals surface area contributed by atoms with Crippen LogP contribution in [-0.4, -0.2) is 38.7 Å². The average Bonchev–Trinajstić information content (AvgIpc) is 3.47. The fraction of sp³-hybridized carbons (Fsp3) is 0.500. The van der Waals surface area contributed by atoms with Crippen LogP contribution in [0.3, 0.4) is 0 Å².